The summed E-state index contributed by atoms with van der Waals surface area (Å²) in [5.74, 6) is -1.27. The van der Waals surface area contributed by atoms with E-state index in [0.29, 0.717) is 16.3 Å². The molecular formula is C26H19Cl2F3N6O4S. The van der Waals surface area contributed by atoms with E-state index in [-0.39, 0.29) is 45.2 Å². The molecule has 4 rings (SSSR count). The fourth-order valence-electron chi connectivity index (χ4n) is 3.71. The van der Waals surface area contributed by atoms with Gasteiger partial charge in [0, 0.05) is 22.2 Å². The number of thioether (sulfide) groups is 1. The number of halogens is 5. The second kappa shape index (κ2) is 12.8. The van der Waals surface area contributed by atoms with Gasteiger partial charge in [0.25, 0.3) is 11.6 Å². The topological polar surface area (TPSA) is 132 Å². The van der Waals surface area contributed by atoms with E-state index in [4.69, 9.17) is 23.2 Å². The van der Waals surface area contributed by atoms with Gasteiger partial charge in [0.05, 0.1) is 39.2 Å². The molecule has 0 aliphatic heterocycles. The minimum absolute atomic E-state index is 0.0691. The molecule has 0 unspecified atom stereocenters. The Morgan fingerprint density at radius 2 is 1.83 bits per heavy atom. The molecule has 1 heterocycles. The fraction of sp³-hybridized carbons (Fsp3) is 0.154. The summed E-state index contributed by atoms with van der Waals surface area (Å²) in [7, 11) is 0. The molecule has 0 saturated carbocycles. The van der Waals surface area contributed by atoms with Crippen molar-refractivity contribution in [1.29, 1.82) is 0 Å². The molecule has 0 bridgehead atoms. The Labute approximate surface area is 250 Å². The molecule has 0 spiro atoms. The molecule has 0 aliphatic rings. The average molecular weight is 639 g/mol. The number of nitrogens with zero attached hydrogens (tertiary/aromatic N) is 4. The summed E-state index contributed by atoms with van der Waals surface area (Å²) in [5.41, 5.74) is -0.394. The second-order valence-corrected chi connectivity index (χ2v) is 10.5. The molecule has 218 valence electrons. The summed E-state index contributed by atoms with van der Waals surface area (Å²) < 4.78 is 40.8. The van der Waals surface area contributed by atoms with Crippen LogP contribution < -0.4 is 10.6 Å². The minimum Gasteiger partial charge on any atom is -0.345 e. The number of amides is 2. The predicted octanol–water partition coefficient (Wildman–Crippen LogP) is 6.47. The highest BCUT2D eigenvalue weighted by molar-refractivity contribution is 7.99. The van der Waals surface area contributed by atoms with Crippen molar-refractivity contribution in [1.82, 2.24) is 20.1 Å². The standard InChI is InChI=1S/C26H19Cl2F3N6O4S/c1-14-5-6-15(9-21(14)37(40)41)24(39)32-12-22-34-35-25(36(22)18-4-2-3-17(27)11-18)42-13-23(38)33-20-10-16(26(29,30)31)7-8-19(20)28/h2-11H,12-13H2,1H3,(H,32,39)(H,33,38). The third-order valence-electron chi connectivity index (χ3n) is 5.74. The van der Waals surface area contributed by atoms with Crippen molar-refractivity contribution >= 4 is 58.2 Å². The third kappa shape index (κ3) is 7.38. The summed E-state index contributed by atoms with van der Waals surface area (Å²) in [6.45, 7) is 1.41. The number of aromatic nitrogens is 3. The lowest BCUT2D eigenvalue weighted by Gasteiger charge is -2.13. The summed E-state index contributed by atoms with van der Waals surface area (Å²) in [5, 5.41) is 25.0. The van der Waals surface area contributed by atoms with Crippen LogP contribution in [0.5, 0.6) is 0 Å². The van der Waals surface area contributed by atoms with Gasteiger partial charge in [-0.05, 0) is 49.4 Å². The van der Waals surface area contributed by atoms with Crippen LogP contribution in [0.25, 0.3) is 5.69 Å². The van der Waals surface area contributed by atoms with Gasteiger partial charge in [0.1, 0.15) is 0 Å². The van der Waals surface area contributed by atoms with Crippen LogP contribution in [0.3, 0.4) is 0 Å². The number of benzene rings is 3. The number of nitro groups is 1. The number of carbonyl (C=O) groups is 2. The van der Waals surface area contributed by atoms with Crippen LogP contribution in [-0.2, 0) is 17.5 Å². The Hall–Kier alpha value is -4.14. The van der Waals surface area contributed by atoms with Gasteiger partial charge in [-0.25, -0.2) is 0 Å². The van der Waals surface area contributed by atoms with Gasteiger partial charge in [0.15, 0.2) is 11.0 Å². The molecule has 10 nitrogen and oxygen atoms in total. The highest BCUT2D eigenvalue weighted by Gasteiger charge is 2.31. The van der Waals surface area contributed by atoms with Gasteiger partial charge < -0.3 is 10.6 Å². The van der Waals surface area contributed by atoms with Crippen molar-refractivity contribution in [2.75, 3.05) is 11.1 Å². The molecule has 42 heavy (non-hydrogen) atoms. The Bertz CT molecular complexity index is 1680. The first-order valence-corrected chi connectivity index (χ1v) is 13.6. The summed E-state index contributed by atoms with van der Waals surface area (Å²) in [6, 6.07) is 13.3. The number of carbonyl (C=O) groups excluding carboxylic acids is 2. The maximum Gasteiger partial charge on any atom is 0.416 e. The maximum atomic E-state index is 13.1. The van der Waals surface area contributed by atoms with Gasteiger partial charge in [-0.2, -0.15) is 13.2 Å². The van der Waals surface area contributed by atoms with Crippen molar-refractivity contribution in [3.63, 3.8) is 0 Å². The first kappa shape index (κ1) is 30.8. The lowest BCUT2D eigenvalue weighted by atomic mass is 10.1. The highest BCUT2D eigenvalue weighted by Crippen LogP contribution is 2.34. The van der Waals surface area contributed by atoms with E-state index < -0.39 is 28.5 Å². The normalized spacial score (nSPS) is 11.3. The van der Waals surface area contributed by atoms with Gasteiger partial charge >= 0.3 is 6.18 Å². The predicted molar refractivity (Wildman–Crippen MR) is 151 cm³/mol. The molecule has 0 radical (unpaired) electrons. The largest absolute Gasteiger partial charge is 0.416 e. The molecule has 4 aromatic rings. The summed E-state index contributed by atoms with van der Waals surface area (Å²) in [4.78, 5) is 36.1. The number of nitro benzene ring substituents is 1. The number of hydrogen-bond acceptors (Lipinski definition) is 7. The van der Waals surface area contributed by atoms with E-state index >= 15 is 0 Å². The fourth-order valence-corrected chi connectivity index (χ4v) is 4.83. The zero-order chi connectivity index (χ0) is 30.6. The Morgan fingerprint density at radius 1 is 1.07 bits per heavy atom. The van der Waals surface area contributed by atoms with Gasteiger partial charge in [0.2, 0.25) is 5.91 Å². The Balaban J connectivity index is 1.52. The van der Waals surface area contributed by atoms with Crippen LogP contribution in [0.2, 0.25) is 10.0 Å². The molecule has 0 fully saturated rings. The Kier molecular flexibility index (Phi) is 9.39. The first-order chi connectivity index (χ1) is 19.8. The van der Waals surface area contributed by atoms with Crippen LogP contribution in [0.1, 0.15) is 27.3 Å². The number of anilines is 1. The van der Waals surface area contributed by atoms with Gasteiger partial charge in [-0.3, -0.25) is 24.3 Å². The number of aryl methyl sites for hydroxylation is 1. The molecule has 3 aromatic carbocycles. The smallest absolute Gasteiger partial charge is 0.345 e. The molecule has 1 aromatic heterocycles. The van der Waals surface area contributed by atoms with Gasteiger partial charge in [-0.1, -0.05) is 47.1 Å². The zero-order valence-corrected chi connectivity index (χ0v) is 23.7. The lowest BCUT2D eigenvalue weighted by molar-refractivity contribution is -0.385. The van der Waals surface area contributed by atoms with Crippen LogP contribution in [0, 0.1) is 17.0 Å². The average Bonchev–Trinajstić information content (AvgIpc) is 3.34. The quantitative estimate of drug-likeness (QED) is 0.122. The molecule has 2 amide bonds. The zero-order valence-electron chi connectivity index (χ0n) is 21.4. The van der Waals surface area contributed by atoms with E-state index in [0.717, 1.165) is 30.0 Å². The van der Waals surface area contributed by atoms with Crippen LogP contribution >= 0.6 is 35.0 Å². The van der Waals surface area contributed by atoms with E-state index in [1.54, 1.807) is 35.8 Å². The minimum atomic E-state index is -4.62. The van der Waals surface area contributed by atoms with Crippen molar-refractivity contribution < 1.29 is 27.7 Å². The SMILES string of the molecule is Cc1ccc(C(=O)NCc2nnc(SCC(=O)Nc3cc(C(F)(F)F)ccc3Cl)n2-c2cccc(Cl)c2)cc1[N+](=O)[O-]. The maximum absolute atomic E-state index is 13.1. The summed E-state index contributed by atoms with van der Waals surface area (Å²) in [6.07, 6.45) is -4.62. The number of nitrogens with one attached hydrogen (secondary N) is 2. The van der Waals surface area contributed by atoms with E-state index in [9.17, 15) is 32.9 Å². The lowest BCUT2D eigenvalue weighted by Crippen LogP contribution is -2.25. The third-order valence-corrected chi connectivity index (χ3v) is 7.24. The van der Waals surface area contributed by atoms with Gasteiger partial charge in [-0.15, -0.1) is 10.2 Å². The molecule has 0 atom stereocenters. The molecule has 0 saturated heterocycles. The van der Waals surface area contributed by atoms with E-state index in [1.165, 1.54) is 18.2 Å². The van der Waals surface area contributed by atoms with Crippen molar-refractivity contribution in [2.24, 2.45) is 0 Å². The molecule has 2 N–H and O–H groups in total. The van der Waals surface area contributed by atoms with E-state index in [1.807, 2.05) is 0 Å². The molecule has 16 heteroatoms. The van der Waals surface area contributed by atoms with Crippen molar-refractivity contribution in [2.45, 2.75) is 24.8 Å². The molecule has 0 aliphatic carbocycles. The second-order valence-electron chi connectivity index (χ2n) is 8.68. The monoisotopic (exact) mass is 638 g/mol. The first-order valence-electron chi connectivity index (χ1n) is 11.9. The van der Waals surface area contributed by atoms with Crippen LogP contribution in [0.15, 0.2) is 65.8 Å². The number of alkyl halides is 3. The number of hydrogen-bond donors (Lipinski definition) is 2. The molecular weight excluding hydrogens is 620 g/mol. The highest BCUT2D eigenvalue weighted by atomic mass is 35.5. The van der Waals surface area contributed by atoms with Crippen LogP contribution in [0.4, 0.5) is 24.5 Å². The number of rotatable bonds is 9. The summed E-state index contributed by atoms with van der Waals surface area (Å²) >= 11 is 13.1. The Morgan fingerprint density at radius 3 is 2.52 bits per heavy atom. The van der Waals surface area contributed by atoms with Crippen molar-refractivity contribution in [3.05, 3.63) is 103 Å². The van der Waals surface area contributed by atoms with E-state index in [2.05, 4.69) is 20.8 Å². The van der Waals surface area contributed by atoms with Crippen molar-refractivity contribution in [3.8, 4) is 5.69 Å². The van der Waals surface area contributed by atoms with Crippen LogP contribution in [-0.4, -0.2) is 37.3 Å².